The van der Waals surface area contributed by atoms with Crippen molar-refractivity contribution < 1.29 is 9.47 Å². The van der Waals surface area contributed by atoms with E-state index in [9.17, 15) is 0 Å². The van der Waals surface area contributed by atoms with Crippen LogP contribution in [-0.2, 0) is 17.9 Å². The van der Waals surface area contributed by atoms with Gasteiger partial charge in [-0.1, -0.05) is 28.1 Å². The molecule has 0 saturated heterocycles. The molecule has 2 rings (SSSR count). The predicted molar refractivity (Wildman–Crippen MR) is 83.0 cm³/mol. The molecule has 0 fully saturated rings. The summed E-state index contributed by atoms with van der Waals surface area (Å²) < 4.78 is 11.3. The van der Waals surface area contributed by atoms with Crippen LogP contribution in [0.1, 0.15) is 11.1 Å². The van der Waals surface area contributed by atoms with Crippen LogP contribution in [0.3, 0.4) is 0 Å². The standard InChI is InChI=1S/C15H17BrN2O2/c1-19-10-12-13(16)4-3-5-14(12)17-8-11-6-7-15(20-2)18-9-11/h3-7,9,17H,8,10H2,1-2H3. The fourth-order valence-corrected chi connectivity index (χ4v) is 2.33. The molecule has 5 heteroatoms. The minimum Gasteiger partial charge on any atom is -0.481 e. The number of ether oxygens (including phenoxy) is 2. The largest absolute Gasteiger partial charge is 0.481 e. The summed E-state index contributed by atoms with van der Waals surface area (Å²) in [5.74, 6) is 0.622. The van der Waals surface area contributed by atoms with Gasteiger partial charge in [0.2, 0.25) is 5.88 Å². The molecular weight excluding hydrogens is 320 g/mol. The van der Waals surface area contributed by atoms with Crippen LogP contribution in [0.5, 0.6) is 5.88 Å². The van der Waals surface area contributed by atoms with E-state index in [1.54, 1.807) is 20.4 Å². The number of benzene rings is 1. The number of hydrogen-bond donors (Lipinski definition) is 1. The topological polar surface area (TPSA) is 43.4 Å². The number of rotatable bonds is 6. The van der Waals surface area contributed by atoms with E-state index in [0.717, 1.165) is 21.3 Å². The van der Waals surface area contributed by atoms with E-state index in [0.29, 0.717) is 19.0 Å². The SMILES string of the molecule is COCc1c(Br)cccc1NCc1ccc(OC)nc1. The van der Waals surface area contributed by atoms with Crippen molar-refractivity contribution in [2.24, 2.45) is 0 Å². The van der Waals surface area contributed by atoms with Crippen molar-refractivity contribution in [3.63, 3.8) is 0 Å². The third kappa shape index (κ3) is 3.71. The van der Waals surface area contributed by atoms with Crippen LogP contribution in [0.4, 0.5) is 5.69 Å². The van der Waals surface area contributed by atoms with Gasteiger partial charge in [-0.15, -0.1) is 0 Å². The second-order valence-corrected chi connectivity index (χ2v) is 5.12. The Balaban J connectivity index is 2.08. The Morgan fingerprint density at radius 3 is 2.70 bits per heavy atom. The third-order valence-corrected chi connectivity index (χ3v) is 3.64. The highest BCUT2D eigenvalue weighted by Gasteiger charge is 2.06. The molecule has 106 valence electrons. The molecule has 0 unspecified atom stereocenters. The Kier molecular flexibility index (Phi) is 5.38. The summed E-state index contributed by atoms with van der Waals surface area (Å²) in [7, 11) is 3.30. The van der Waals surface area contributed by atoms with Gasteiger partial charge in [0.15, 0.2) is 0 Å². The van der Waals surface area contributed by atoms with E-state index in [1.807, 2.05) is 30.3 Å². The zero-order chi connectivity index (χ0) is 14.4. The molecule has 1 N–H and O–H groups in total. The lowest BCUT2D eigenvalue weighted by molar-refractivity contribution is 0.185. The summed E-state index contributed by atoms with van der Waals surface area (Å²) in [6.45, 7) is 1.26. The maximum absolute atomic E-state index is 5.23. The molecule has 0 radical (unpaired) electrons. The number of methoxy groups -OCH3 is 2. The molecule has 0 amide bonds. The highest BCUT2D eigenvalue weighted by atomic mass is 79.9. The first-order chi connectivity index (χ1) is 9.74. The molecule has 0 aliphatic heterocycles. The van der Waals surface area contributed by atoms with E-state index < -0.39 is 0 Å². The van der Waals surface area contributed by atoms with Crippen LogP contribution in [0.15, 0.2) is 41.0 Å². The quantitative estimate of drug-likeness (QED) is 0.875. The van der Waals surface area contributed by atoms with Gasteiger partial charge in [-0.05, 0) is 17.7 Å². The Labute approximate surface area is 127 Å². The fourth-order valence-electron chi connectivity index (χ4n) is 1.85. The van der Waals surface area contributed by atoms with Crippen molar-refractivity contribution in [3.8, 4) is 5.88 Å². The van der Waals surface area contributed by atoms with Crippen LogP contribution in [0, 0.1) is 0 Å². The molecule has 2 aromatic rings. The highest BCUT2D eigenvalue weighted by molar-refractivity contribution is 9.10. The van der Waals surface area contributed by atoms with Crippen molar-refractivity contribution in [1.29, 1.82) is 0 Å². The molecular formula is C15H17BrN2O2. The van der Waals surface area contributed by atoms with Crippen LogP contribution in [-0.4, -0.2) is 19.2 Å². The van der Waals surface area contributed by atoms with Crippen molar-refractivity contribution in [1.82, 2.24) is 4.98 Å². The van der Waals surface area contributed by atoms with Gasteiger partial charge in [-0.25, -0.2) is 4.98 Å². The Morgan fingerprint density at radius 1 is 1.20 bits per heavy atom. The van der Waals surface area contributed by atoms with Crippen LogP contribution < -0.4 is 10.1 Å². The third-order valence-electron chi connectivity index (χ3n) is 2.90. The van der Waals surface area contributed by atoms with Gasteiger partial charge >= 0.3 is 0 Å². The van der Waals surface area contributed by atoms with Crippen LogP contribution >= 0.6 is 15.9 Å². The summed E-state index contributed by atoms with van der Waals surface area (Å²) in [5.41, 5.74) is 3.25. The van der Waals surface area contributed by atoms with Crippen molar-refractivity contribution in [3.05, 3.63) is 52.1 Å². The number of aromatic nitrogens is 1. The monoisotopic (exact) mass is 336 g/mol. The summed E-state index contributed by atoms with van der Waals surface area (Å²) in [6.07, 6.45) is 1.81. The maximum atomic E-state index is 5.23. The molecule has 0 aliphatic rings. The van der Waals surface area contributed by atoms with E-state index in [2.05, 4.69) is 26.2 Å². The second kappa shape index (κ2) is 7.26. The van der Waals surface area contributed by atoms with Crippen molar-refractivity contribution in [2.75, 3.05) is 19.5 Å². The number of hydrogen-bond acceptors (Lipinski definition) is 4. The first-order valence-electron chi connectivity index (χ1n) is 6.23. The van der Waals surface area contributed by atoms with Gasteiger partial charge in [0.1, 0.15) is 0 Å². The zero-order valence-electron chi connectivity index (χ0n) is 11.5. The van der Waals surface area contributed by atoms with Crippen LogP contribution in [0.2, 0.25) is 0 Å². The summed E-state index contributed by atoms with van der Waals surface area (Å²) in [5, 5.41) is 3.40. The number of nitrogens with zero attached hydrogens (tertiary/aromatic N) is 1. The van der Waals surface area contributed by atoms with Gasteiger partial charge < -0.3 is 14.8 Å². The first-order valence-corrected chi connectivity index (χ1v) is 7.03. The molecule has 0 aliphatic carbocycles. The van der Waals surface area contributed by atoms with Gasteiger partial charge in [-0.3, -0.25) is 0 Å². The average Bonchev–Trinajstić information content (AvgIpc) is 2.48. The molecule has 1 heterocycles. The summed E-state index contributed by atoms with van der Waals surface area (Å²) in [6, 6.07) is 9.89. The van der Waals surface area contributed by atoms with Crippen molar-refractivity contribution in [2.45, 2.75) is 13.2 Å². The number of halogens is 1. The summed E-state index contributed by atoms with van der Waals surface area (Å²) >= 11 is 3.54. The van der Waals surface area contributed by atoms with E-state index in [-0.39, 0.29) is 0 Å². The highest BCUT2D eigenvalue weighted by Crippen LogP contribution is 2.26. The van der Waals surface area contributed by atoms with E-state index in [4.69, 9.17) is 9.47 Å². The molecule has 1 aromatic carbocycles. The van der Waals surface area contributed by atoms with E-state index >= 15 is 0 Å². The van der Waals surface area contributed by atoms with Crippen molar-refractivity contribution >= 4 is 21.6 Å². The maximum Gasteiger partial charge on any atom is 0.212 e. The minimum atomic E-state index is 0.560. The number of pyridine rings is 1. The Morgan fingerprint density at radius 2 is 2.05 bits per heavy atom. The molecule has 0 spiro atoms. The molecule has 0 bridgehead atoms. The lowest BCUT2D eigenvalue weighted by Gasteiger charge is -2.13. The molecule has 20 heavy (non-hydrogen) atoms. The Bertz CT molecular complexity index is 558. The second-order valence-electron chi connectivity index (χ2n) is 4.26. The Hall–Kier alpha value is -1.59. The molecule has 4 nitrogen and oxygen atoms in total. The smallest absolute Gasteiger partial charge is 0.212 e. The normalized spacial score (nSPS) is 10.3. The molecule has 1 aromatic heterocycles. The zero-order valence-corrected chi connectivity index (χ0v) is 13.1. The van der Waals surface area contributed by atoms with Gasteiger partial charge in [0, 0.05) is 41.6 Å². The lowest BCUT2D eigenvalue weighted by atomic mass is 10.2. The first kappa shape index (κ1) is 14.8. The van der Waals surface area contributed by atoms with Gasteiger partial charge in [0.05, 0.1) is 13.7 Å². The summed E-state index contributed by atoms with van der Waals surface area (Å²) in [4.78, 5) is 4.19. The predicted octanol–water partition coefficient (Wildman–Crippen LogP) is 3.61. The number of anilines is 1. The van der Waals surface area contributed by atoms with Gasteiger partial charge in [-0.2, -0.15) is 0 Å². The fraction of sp³-hybridized carbons (Fsp3) is 0.267. The number of nitrogens with one attached hydrogen (secondary N) is 1. The minimum absolute atomic E-state index is 0.560. The molecule has 0 saturated carbocycles. The lowest BCUT2D eigenvalue weighted by Crippen LogP contribution is -2.04. The average molecular weight is 337 g/mol. The molecule has 0 atom stereocenters. The van der Waals surface area contributed by atoms with Crippen LogP contribution in [0.25, 0.3) is 0 Å². The van der Waals surface area contributed by atoms with Gasteiger partial charge in [0.25, 0.3) is 0 Å². The van der Waals surface area contributed by atoms with E-state index in [1.165, 1.54) is 0 Å².